The summed E-state index contributed by atoms with van der Waals surface area (Å²) in [4.78, 5) is 11.3. The van der Waals surface area contributed by atoms with Gasteiger partial charge in [0, 0.05) is 5.56 Å². The summed E-state index contributed by atoms with van der Waals surface area (Å²) in [5, 5.41) is 0. The molecule has 1 nitrogen and oxygen atoms in total. The van der Waals surface area contributed by atoms with Crippen molar-refractivity contribution in [1.82, 2.24) is 0 Å². The van der Waals surface area contributed by atoms with Gasteiger partial charge in [-0.05, 0) is 0 Å². The van der Waals surface area contributed by atoms with Crippen molar-refractivity contribution in [3.8, 4) is 0 Å². The Labute approximate surface area is 82.1 Å². The number of hydrogen-bond acceptors (Lipinski definition) is 1. The third-order valence-corrected chi connectivity index (χ3v) is 2.09. The molecule has 0 amide bonds. The summed E-state index contributed by atoms with van der Waals surface area (Å²) in [6.45, 7) is 0. The van der Waals surface area contributed by atoms with Crippen LogP contribution in [0.1, 0.15) is 10.4 Å². The van der Waals surface area contributed by atoms with Crippen molar-refractivity contribution in [1.29, 1.82) is 0 Å². The van der Waals surface area contributed by atoms with Crippen LogP contribution in [-0.2, 0) is 0 Å². The molecule has 0 spiro atoms. The van der Waals surface area contributed by atoms with Crippen LogP contribution in [-0.4, -0.2) is 9.52 Å². The molecule has 0 aliphatic heterocycles. The number of hydrogen-bond donors (Lipinski definition) is 0. The SMILES string of the molecule is O=C(c1ccccc1)C(Br)Br. The largest absolute Gasteiger partial charge is 0.292 e. The second kappa shape index (κ2) is 4.02. The third kappa shape index (κ3) is 2.42. The Morgan fingerprint density at radius 2 is 1.73 bits per heavy atom. The fourth-order valence-electron chi connectivity index (χ4n) is 0.728. The summed E-state index contributed by atoms with van der Waals surface area (Å²) in [5.41, 5.74) is 0.714. The van der Waals surface area contributed by atoms with Crippen LogP contribution in [0.3, 0.4) is 0 Å². The van der Waals surface area contributed by atoms with Crippen LogP contribution in [0.25, 0.3) is 0 Å². The highest BCUT2D eigenvalue weighted by molar-refractivity contribution is 9.25. The fraction of sp³-hybridized carbons (Fsp3) is 0.125. The molecule has 0 atom stereocenters. The van der Waals surface area contributed by atoms with Crippen molar-refractivity contribution in [2.45, 2.75) is 3.74 Å². The van der Waals surface area contributed by atoms with Gasteiger partial charge in [-0.1, -0.05) is 62.2 Å². The molecule has 1 rings (SSSR count). The molecule has 1 aromatic rings. The summed E-state index contributed by atoms with van der Waals surface area (Å²) in [6, 6.07) is 9.15. The van der Waals surface area contributed by atoms with Crippen LogP contribution in [0.15, 0.2) is 30.3 Å². The minimum Gasteiger partial charge on any atom is -0.292 e. The predicted molar refractivity (Wildman–Crippen MR) is 52.4 cm³/mol. The number of alkyl halides is 2. The van der Waals surface area contributed by atoms with Crippen molar-refractivity contribution < 1.29 is 4.79 Å². The van der Waals surface area contributed by atoms with Crippen LogP contribution in [0.4, 0.5) is 0 Å². The van der Waals surface area contributed by atoms with Gasteiger partial charge in [-0.3, -0.25) is 4.79 Å². The van der Waals surface area contributed by atoms with Crippen molar-refractivity contribution in [3.63, 3.8) is 0 Å². The number of ketones is 1. The molecule has 0 heterocycles. The van der Waals surface area contributed by atoms with Gasteiger partial charge in [0.2, 0.25) is 0 Å². The summed E-state index contributed by atoms with van der Waals surface area (Å²) in [6.07, 6.45) is 0. The normalized spacial score (nSPS) is 10.1. The molecule has 0 bridgehead atoms. The second-order valence-corrected chi connectivity index (χ2v) is 5.09. The molecule has 0 saturated carbocycles. The van der Waals surface area contributed by atoms with Gasteiger partial charge in [0.05, 0.1) is 0 Å². The first-order chi connectivity index (χ1) is 5.22. The first kappa shape index (κ1) is 8.94. The van der Waals surface area contributed by atoms with Crippen molar-refractivity contribution in [2.75, 3.05) is 0 Å². The van der Waals surface area contributed by atoms with E-state index in [2.05, 4.69) is 31.9 Å². The fourth-order valence-corrected chi connectivity index (χ4v) is 1.26. The number of benzene rings is 1. The average Bonchev–Trinajstić information content (AvgIpc) is 2.05. The highest BCUT2D eigenvalue weighted by atomic mass is 79.9. The zero-order chi connectivity index (χ0) is 8.27. The minimum absolute atomic E-state index is 0.0469. The summed E-state index contributed by atoms with van der Waals surface area (Å²) >= 11 is 6.29. The zero-order valence-corrected chi connectivity index (χ0v) is 8.80. The van der Waals surface area contributed by atoms with Crippen LogP contribution >= 0.6 is 31.9 Å². The maximum Gasteiger partial charge on any atom is 0.187 e. The van der Waals surface area contributed by atoms with E-state index in [1.807, 2.05) is 18.2 Å². The van der Waals surface area contributed by atoms with Gasteiger partial charge in [0.15, 0.2) is 5.78 Å². The maximum absolute atomic E-state index is 11.3. The Hall–Kier alpha value is -0.150. The summed E-state index contributed by atoms with van der Waals surface area (Å²) < 4.78 is -0.280. The van der Waals surface area contributed by atoms with Crippen molar-refractivity contribution in [3.05, 3.63) is 35.9 Å². The number of carbonyl (C=O) groups is 1. The van der Waals surface area contributed by atoms with Crippen LogP contribution in [0.5, 0.6) is 0 Å². The Morgan fingerprint density at radius 1 is 1.18 bits per heavy atom. The van der Waals surface area contributed by atoms with Gasteiger partial charge in [-0.2, -0.15) is 0 Å². The maximum atomic E-state index is 11.3. The molecule has 0 radical (unpaired) electrons. The van der Waals surface area contributed by atoms with E-state index < -0.39 is 0 Å². The molecule has 0 aromatic heterocycles. The van der Waals surface area contributed by atoms with E-state index in [0.29, 0.717) is 5.56 Å². The molecular formula is C8H6Br2O. The van der Waals surface area contributed by atoms with Crippen molar-refractivity contribution >= 4 is 37.6 Å². The van der Waals surface area contributed by atoms with E-state index in [-0.39, 0.29) is 9.52 Å². The summed E-state index contributed by atoms with van der Waals surface area (Å²) in [7, 11) is 0. The Balaban J connectivity index is 2.86. The smallest absolute Gasteiger partial charge is 0.187 e. The first-order valence-electron chi connectivity index (χ1n) is 3.09. The van der Waals surface area contributed by atoms with E-state index in [1.54, 1.807) is 12.1 Å². The molecular weight excluding hydrogens is 272 g/mol. The quantitative estimate of drug-likeness (QED) is 0.600. The zero-order valence-electron chi connectivity index (χ0n) is 5.63. The lowest BCUT2D eigenvalue weighted by atomic mass is 10.2. The lowest BCUT2D eigenvalue weighted by molar-refractivity contribution is 0.101. The molecule has 11 heavy (non-hydrogen) atoms. The van der Waals surface area contributed by atoms with Gasteiger partial charge < -0.3 is 0 Å². The van der Waals surface area contributed by atoms with Gasteiger partial charge in [-0.15, -0.1) is 0 Å². The first-order valence-corrected chi connectivity index (χ1v) is 4.92. The topological polar surface area (TPSA) is 17.1 Å². The highest BCUT2D eigenvalue weighted by Crippen LogP contribution is 2.14. The Morgan fingerprint density at radius 3 is 2.18 bits per heavy atom. The van der Waals surface area contributed by atoms with Crippen molar-refractivity contribution in [2.24, 2.45) is 0 Å². The third-order valence-electron chi connectivity index (χ3n) is 1.26. The monoisotopic (exact) mass is 276 g/mol. The molecule has 0 fully saturated rings. The highest BCUT2D eigenvalue weighted by Gasteiger charge is 2.11. The predicted octanol–water partition coefficient (Wildman–Crippen LogP) is 2.99. The van der Waals surface area contributed by atoms with E-state index in [9.17, 15) is 4.79 Å². The number of carbonyl (C=O) groups excluding carboxylic acids is 1. The molecule has 3 heteroatoms. The van der Waals surface area contributed by atoms with Crippen LogP contribution < -0.4 is 0 Å². The van der Waals surface area contributed by atoms with Gasteiger partial charge in [0.1, 0.15) is 3.74 Å². The molecule has 0 aliphatic rings. The van der Waals surface area contributed by atoms with Gasteiger partial charge in [0.25, 0.3) is 0 Å². The lowest BCUT2D eigenvalue weighted by Gasteiger charge is -1.99. The van der Waals surface area contributed by atoms with E-state index in [4.69, 9.17) is 0 Å². The molecule has 1 aromatic carbocycles. The minimum atomic E-state index is -0.280. The Bertz CT molecular complexity index is 244. The molecule has 0 N–H and O–H groups in total. The Kier molecular flexibility index (Phi) is 3.27. The second-order valence-electron chi connectivity index (χ2n) is 2.03. The molecule has 0 saturated heterocycles. The van der Waals surface area contributed by atoms with E-state index in [1.165, 1.54) is 0 Å². The average molecular weight is 278 g/mol. The van der Waals surface area contributed by atoms with Gasteiger partial charge >= 0.3 is 0 Å². The van der Waals surface area contributed by atoms with Crippen LogP contribution in [0, 0.1) is 0 Å². The van der Waals surface area contributed by atoms with Crippen LogP contribution in [0.2, 0.25) is 0 Å². The lowest BCUT2D eigenvalue weighted by Crippen LogP contribution is -2.06. The standard InChI is InChI=1S/C8H6Br2O/c9-8(10)7(11)6-4-2-1-3-5-6/h1-5,8H. The molecule has 0 unspecified atom stereocenters. The van der Waals surface area contributed by atoms with E-state index >= 15 is 0 Å². The van der Waals surface area contributed by atoms with Gasteiger partial charge in [-0.25, -0.2) is 0 Å². The number of Topliss-reactive ketones (excluding diaryl/α,β-unsaturated/α-hetero) is 1. The summed E-state index contributed by atoms with van der Waals surface area (Å²) in [5.74, 6) is 0.0469. The molecule has 0 aliphatic carbocycles. The van der Waals surface area contributed by atoms with E-state index in [0.717, 1.165) is 0 Å². The number of halogens is 2. The number of rotatable bonds is 2. The molecule has 58 valence electrons.